The van der Waals surface area contributed by atoms with Crippen LogP contribution in [0.5, 0.6) is 0 Å². The number of ether oxygens (including phenoxy) is 1. The molecule has 1 amide bonds. The van der Waals surface area contributed by atoms with Crippen LogP contribution in [0.3, 0.4) is 0 Å². The molecule has 0 spiro atoms. The minimum Gasteiger partial charge on any atom is -0.385 e. The van der Waals surface area contributed by atoms with E-state index in [2.05, 4.69) is 15.9 Å². The zero-order chi connectivity index (χ0) is 21.2. The van der Waals surface area contributed by atoms with Gasteiger partial charge in [0.2, 0.25) is 5.91 Å². The lowest BCUT2D eigenvalue weighted by atomic mass is 10.1. The molecule has 141 valence electrons. The van der Waals surface area contributed by atoms with E-state index in [0.29, 0.717) is 5.57 Å². The molecule has 1 fully saturated rings. The van der Waals surface area contributed by atoms with Crippen molar-refractivity contribution in [2.45, 2.75) is 24.0 Å². The fourth-order valence-electron chi connectivity index (χ4n) is 2.34. The lowest BCUT2D eigenvalue weighted by molar-refractivity contribution is -0.384. The number of halogens is 1. The second-order valence-corrected chi connectivity index (χ2v) is 8.94. The molecule has 12 heteroatoms. The molecule has 0 aromatic heterocycles. The summed E-state index contributed by atoms with van der Waals surface area (Å²) in [5, 5.41) is 10.1. The van der Waals surface area contributed by atoms with Crippen LogP contribution in [0.2, 0.25) is 0 Å². The Morgan fingerprint density at radius 1 is 1.41 bits per heavy atom. The number of carbonyl (C=O) groups excluding carboxylic acids is 3. The minimum absolute atomic E-state index is 0.0561. The first kappa shape index (κ1) is 19.8. The summed E-state index contributed by atoms with van der Waals surface area (Å²) in [6.45, 7) is 3.15. The average Bonchev–Trinajstić information content (AvgIpc) is 2.66. The number of carbonyl (C=O) groups is 3. The highest BCUT2D eigenvalue weighted by molar-refractivity contribution is 9.10. The number of nitro benzene ring substituents is 1. The van der Waals surface area contributed by atoms with Gasteiger partial charge in [0.25, 0.3) is 5.69 Å². The standard InChI is InChI=1S/C15H13BBrN2O6S2/c1-7(2)11(18-12(20)10(17)13(18)27(16)26)15(22)25-14(21)8-3-5-9(6-4-8)19(23)24/h3-6,10,13,16H,1-2H3/t10-,13+,27?/m0/s1/i16T. The van der Waals surface area contributed by atoms with Crippen molar-refractivity contribution in [1.29, 1.82) is 1.34 Å². The molecule has 0 aliphatic carbocycles. The van der Waals surface area contributed by atoms with E-state index in [0.717, 1.165) is 36.3 Å². The van der Waals surface area contributed by atoms with Crippen LogP contribution in [0.4, 0.5) is 5.69 Å². The first-order chi connectivity index (χ1) is 13.1. The van der Waals surface area contributed by atoms with Gasteiger partial charge >= 0.3 is 11.9 Å². The molecule has 27 heavy (non-hydrogen) atoms. The largest absolute Gasteiger partial charge is 0.385 e. The number of rotatable bonds is 6. The molecule has 1 heterocycles. The van der Waals surface area contributed by atoms with Crippen LogP contribution in [0, 0.1) is 10.1 Å². The van der Waals surface area contributed by atoms with E-state index in [4.69, 9.17) is 17.3 Å². The fraction of sp³-hybridized carbons (Fsp3) is 0.267. The second kappa shape index (κ2) is 8.40. The van der Waals surface area contributed by atoms with Crippen LogP contribution in [-0.4, -0.2) is 46.3 Å². The van der Waals surface area contributed by atoms with Gasteiger partial charge in [-0.15, -0.1) is 9.31 Å². The first-order valence-electron chi connectivity index (χ1n) is 7.94. The maximum Gasteiger partial charge on any atom is 0.362 e. The van der Waals surface area contributed by atoms with Crippen molar-refractivity contribution in [1.82, 2.24) is 4.90 Å². The minimum atomic E-state index is -1.04. The molecule has 1 aromatic rings. The summed E-state index contributed by atoms with van der Waals surface area (Å²) >= 11 is 8.37. The van der Waals surface area contributed by atoms with Crippen molar-refractivity contribution >= 4 is 67.0 Å². The van der Waals surface area contributed by atoms with E-state index in [9.17, 15) is 24.5 Å². The van der Waals surface area contributed by atoms with Gasteiger partial charge in [0, 0.05) is 12.1 Å². The number of hydrogen-bond donors (Lipinski definition) is 0. The average molecular weight is 474 g/mol. The predicted molar refractivity (Wildman–Crippen MR) is 107 cm³/mol. The summed E-state index contributed by atoms with van der Waals surface area (Å²) in [4.78, 5) is 47.6. The monoisotopic (exact) mass is 473 g/mol. The molecule has 1 unspecified atom stereocenters. The molecule has 0 saturated carbocycles. The van der Waals surface area contributed by atoms with Crippen LogP contribution in [-0.2, 0) is 34.8 Å². The van der Waals surface area contributed by atoms with E-state index >= 15 is 0 Å². The number of benzene rings is 1. The third kappa shape index (κ3) is 4.33. The summed E-state index contributed by atoms with van der Waals surface area (Å²) in [6, 6.07) is 4.55. The summed E-state index contributed by atoms with van der Waals surface area (Å²) in [7, 11) is -0.0153. The Kier molecular flexibility index (Phi) is 6.17. The lowest BCUT2D eigenvalue weighted by Gasteiger charge is -2.45. The Morgan fingerprint density at radius 3 is 2.48 bits per heavy atom. The van der Waals surface area contributed by atoms with Gasteiger partial charge in [0.05, 0.1) is 15.9 Å². The van der Waals surface area contributed by atoms with Crippen LogP contribution < -0.4 is 0 Å². The maximum absolute atomic E-state index is 12.6. The topological polar surface area (TPSA) is 107 Å². The summed E-state index contributed by atoms with van der Waals surface area (Å²) in [5.74, 6) is -2.48. The highest BCUT2D eigenvalue weighted by Crippen LogP contribution is 2.34. The highest BCUT2D eigenvalue weighted by Gasteiger charge is 2.50. The number of β-lactam (4-membered cyclic amide) rings is 1. The Labute approximate surface area is 172 Å². The molecule has 1 aliphatic rings. The first-order valence-corrected chi connectivity index (χ1v) is 10.6. The number of alkyl halides is 1. The SMILES string of the molecule is [3H][B]S(=S)[C@@H]1[C@@H](Br)C(=O)N1C(C(=O)OC(=O)c1ccc([N+](=O)[O-])cc1)=C(C)C. The van der Waals surface area contributed by atoms with Gasteiger partial charge in [0.15, 0.2) is 7.09 Å². The van der Waals surface area contributed by atoms with Gasteiger partial charge in [-0.2, -0.15) is 0 Å². The third-order valence-corrected chi connectivity index (χ3v) is 6.42. The molecule has 2 rings (SSSR count). The Balaban J connectivity index is 2.23. The van der Waals surface area contributed by atoms with E-state index in [1.165, 1.54) is 0 Å². The van der Waals surface area contributed by atoms with Gasteiger partial charge in [-0.3, -0.25) is 19.8 Å². The van der Waals surface area contributed by atoms with Crippen molar-refractivity contribution in [3.63, 3.8) is 0 Å². The molecule has 0 bridgehead atoms. The van der Waals surface area contributed by atoms with E-state index in [1.807, 2.05) is 0 Å². The molecule has 1 aromatic carbocycles. The van der Waals surface area contributed by atoms with Gasteiger partial charge < -0.3 is 4.74 Å². The van der Waals surface area contributed by atoms with E-state index < -0.39 is 42.3 Å². The number of allylic oxidation sites excluding steroid dienone is 1. The predicted octanol–water partition coefficient (Wildman–Crippen LogP) is 1.40. The van der Waals surface area contributed by atoms with Gasteiger partial charge in [-0.05, 0) is 32.9 Å². The maximum atomic E-state index is 12.6. The van der Waals surface area contributed by atoms with Crippen LogP contribution in [0.25, 0.3) is 0 Å². The normalized spacial score (nSPS) is 20.0. The molecular weight excluding hydrogens is 459 g/mol. The molecule has 0 N–H and O–H groups in total. The smallest absolute Gasteiger partial charge is 0.362 e. The van der Waals surface area contributed by atoms with Gasteiger partial charge in [-0.1, -0.05) is 27.1 Å². The number of hydrogen-bond acceptors (Lipinski definition) is 7. The summed E-state index contributed by atoms with van der Waals surface area (Å²) < 4.78 is 12.2. The highest BCUT2D eigenvalue weighted by atomic mass is 79.9. The molecule has 3 atom stereocenters. The second-order valence-electron chi connectivity index (χ2n) is 5.66. The summed E-state index contributed by atoms with van der Waals surface area (Å²) in [6.07, 6.45) is 0. The Bertz CT molecular complexity index is 906. The fourth-order valence-corrected chi connectivity index (χ4v) is 5.29. The number of non-ortho nitro benzene ring substituents is 1. The van der Waals surface area contributed by atoms with Gasteiger partial charge in [-0.25, -0.2) is 9.59 Å². The molecule has 1 saturated heterocycles. The van der Waals surface area contributed by atoms with Crippen molar-refractivity contribution in [3.8, 4) is 0 Å². The lowest BCUT2D eigenvalue weighted by Crippen LogP contribution is -2.64. The molecular formula is C15H13BBrN2O6S2. The Morgan fingerprint density at radius 2 is 2.00 bits per heavy atom. The summed E-state index contributed by atoms with van der Waals surface area (Å²) in [5.41, 5.74) is 0.0372. The Hall–Kier alpha value is -1.92. The molecule has 8 nitrogen and oxygen atoms in total. The van der Waals surface area contributed by atoms with Crippen LogP contribution in [0.15, 0.2) is 35.5 Å². The van der Waals surface area contributed by atoms with E-state index in [1.54, 1.807) is 13.8 Å². The zero-order valence-corrected chi connectivity index (χ0v) is 17.3. The van der Waals surface area contributed by atoms with Crippen molar-refractivity contribution in [2.75, 3.05) is 0 Å². The van der Waals surface area contributed by atoms with Gasteiger partial charge in [0.1, 0.15) is 10.5 Å². The number of nitro groups is 1. The zero-order valence-electron chi connectivity index (χ0n) is 15.1. The number of likely N-dealkylation sites (tertiary alicyclic amines) is 1. The number of nitrogens with zero attached hydrogens (tertiary/aromatic N) is 2. The quantitative estimate of drug-likeness (QED) is 0.0897. The van der Waals surface area contributed by atoms with Crippen molar-refractivity contribution in [3.05, 3.63) is 51.2 Å². The molecule has 1 radical (unpaired) electrons. The number of amides is 1. The molecule has 1 aliphatic heterocycles. The van der Waals surface area contributed by atoms with E-state index in [-0.39, 0.29) is 16.9 Å². The number of esters is 2. The van der Waals surface area contributed by atoms with Crippen LogP contribution in [0.1, 0.15) is 24.2 Å². The third-order valence-electron chi connectivity index (χ3n) is 3.62. The van der Waals surface area contributed by atoms with Crippen molar-refractivity contribution < 1.29 is 24.0 Å². The van der Waals surface area contributed by atoms with Crippen LogP contribution >= 0.6 is 15.9 Å². The van der Waals surface area contributed by atoms with Crippen molar-refractivity contribution in [2.24, 2.45) is 0 Å².